The Kier molecular flexibility index (Phi) is 15.5. The average Bonchev–Trinajstić information content (AvgIpc) is 3.81. The largest absolute Gasteiger partial charge is 0.459 e. The van der Waals surface area contributed by atoms with Gasteiger partial charge < -0.3 is 9.47 Å². The molecule has 64 heavy (non-hydrogen) atoms. The molecule has 0 saturated heterocycles. The van der Waals surface area contributed by atoms with E-state index in [-0.39, 0.29) is 35.0 Å². The summed E-state index contributed by atoms with van der Waals surface area (Å²) in [6.45, 7) is 18.7. The highest BCUT2D eigenvalue weighted by molar-refractivity contribution is 5.99. The molecule has 0 aliphatic heterocycles. The van der Waals surface area contributed by atoms with E-state index >= 15 is 0 Å². The van der Waals surface area contributed by atoms with Gasteiger partial charge in [-0.25, -0.2) is 9.59 Å². The van der Waals surface area contributed by atoms with Crippen LogP contribution in [0.5, 0.6) is 0 Å². The molecule has 4 heteroatoms. The highest BCUT2D eigenvalue weighted by Gasteiger charge is 2.60. The predicted molar refractivity (Wildman–Crippen MR) is 265 cm³/mol. The number of carbonyl (C=O) groups is 2. The molecule has 0 spiro atoms. The van der Waals surface area contributed by atoms with Crippen LogP contribution in [0.4, 0.5) is 0 Å². The van der Waals surface area contributed by atoms with Gasteiger partial charge in [-0.2, -0.15) is 0 Å². The Morgan fingerprint density at radius 1 is 0.500 bits per heavy atom. The molecular weight excluding hydrogens is 785 g/mol. The van der Waals surface area contributed by atoms with Crippen LogP contribution in [0, 0.1) is 69.0 Å². The van der Waals surface area contributed by atoms with Gasteiger partial charge in [-0.05, 0) is 186 Å². The van der Waals surface area contributed by atoms with Gasteiger partial charge in [0.15, 0.2) is 0 Å². The molecule has 0 aromatic rings. The lowest BCUT2D eigenvalue weighted by Gasteiger charge is -2.58. The number of carbonyl (C=O) groups excluding carboxylic acids is 2. The van der Waals surface area contributed by atoms with Gasteiger partial charge in [0.05, 0.1) is 0 Å². The van der Waals surface area contributed by atoms with E-state index in [1.54, 1.807) is 25.0 Å². The summed E-state index contributed by atoms with van der Waals surface area (Å²) in [5, 5.41) is 0. The molecule has 8 rings (SSSR count). The van der Waals surface area contributed by atoms with Crippen molar-refractivity contribution in [2.24, 2.45) is 69.0 Å². The number of unbranched alkanes of at least 4 members (excludes halogenated alkanes) is 10. The van der Waals surface area contributed by atoms with Crippen LogP contribution in [0.3, 0.4) is 0 Å². The van der Waals surface area contributed by atoms with Gasteiger partial charge in [0, 0.05) is 24.0 Å². The van der Waals surface area contributed by atoms with Crippen molar-refractivity contribution in [3.8, 4) is 0 Å². The highest BCUT2D eigenvalue weighted by atomic mass is 16.5. The molecule has 8 aliphatic rings. The summed E-state index contributed by atoms with van der Waals surface area (Å²) in [4.78, 5) is 27.4. The van der Waals surface area contributed by atoms with E-state index in [0.29, 0.717) is 22.0 Å². The lowest BCUT2D eigenvalue weighted by atomic mass is 9.47. The zero-order chi connectivity index (χ0) is 45.3. The van der Waals surface area contributed by atoms with Gasteiger partial charge in [-0.1, -0.05) is 142 Å². The Bertz CT molecular complexity index is 1610. The number of esters is 2. The lowest BCUT2D eigenvalue weighted by molar-refractivity contribution is -0.150. The summed E-state index contributed by atoms with van der Waals surface area (Å²) in [5.41, 5.74) is 5.43. The van der Waals surface area contributed by atoms with E-state index in [0.717, 1.165) is 85.9 Å². The van der Waals surface area contributed by atoms with Crippen LogP contribution in [0.25, 0.3) is 0 Å². The van der Waals surface area contributed by atoms with Crippen molar-refractivity contribution in [1.82, 2.24) is 0 Å². The van der Waals surface area contributed by atoms with Crippen molar-refractivity contribution in [2.45, 2.75) is 260 Å². The highest BCUT2D eigenvalue weighted by Crippen LogP contribution is 2.68. The summed E-state index contributed by atoms with van der Waals surface area (Å²) in [5.74, 6) is 6.05. The topological polar surface area (TPSA) is 52.6 Å². The first-order chi connectivity index (χ1) is 30.8. The number of allylic oxidation sites excluding steroid dienone is 2. The van der Waals surface area contributed by atoms with E-state index < -0.39 is 0 Å². The van der Waals surface area contributed by atoms with Crippen LogP contribution >= 0.6 is 0 Å². The number of hydrogen-bond donors (Lipinski definition) is 0. The van der Waals surface area contributed by atoms with E-state index in [1.807, 2.05) is 0 Å². The van der Waals surface area contributed by atoms with E-state index in [9.17, 15) is 9.59 Å². The van der Waals surface area contributed by atoms with Gasteiger partial charge >= 0.3 is 11.9 Å². The maximum atomic E-state index is 13.7. The Morgan fingerprint density at radius 3 is 1.30 bits per heavy atom. The van der Waals surface area contributed by atoms with E-state index in [4.69, 9.17) is 9.47 Å². The third kappa shape index (κ3) is 9.34. The number of ether oxygens (including phenoxy) is 2. The van der Waals surface area contributed by atoms with Crippen LogP contribution in [0.15, 0.2) is 34.4 Å². The summed E-state index contributed by atoms with van der Waals surface area (Å²) in [6.07, 6.45) is 44.2. The minimum atomic E-state index is -0.337. The smallest absolute Gasteiger partial charge is 0.334 e. The van der Waals surface area contributed by atoms with Crippen molar-refractivity contribution < 1.29 is 19.1 Å². The molecule has 0 bridgehead atoms. The SMILES string of the molecule is CCCCCCCC[C@@H]1CC[C@@H]2[C@@H]3CC=C4C[C@H](OC(=O)/C(C)=C(\C)C(=O)O[C@H]5CC[C@@]6(C)C(=CC[C@H]7[C@H]8CC[C@@H](CCCCCCCC)[C@@]8(C)CC[C@@H]76)C5)CC[C@@]4(C)[C@@H]3CC[C@@]12C. The fourth-order valence-electron chi connectivity index (χ4n) is 17.8. The second kappa shape index (κ2) is 20.4. The molecule has 0 N–H and O–H groups in total. The van der Waals surface area contributed by atoms with Crippen LogP contribution < -0.4 is 0 Å². The monoisotopic (exact) mass is 881 g/mol. The molecule has 6 fully saturated rings. The van der Waals surface area contributed by atoms with Crippen molar-refractivity contribution >= 4 is 11.9 Å². The second-order valence-electron chi connectivity index (χ2n) is 25.1. The quantitative estimate of drug-likeness (QED) is 0.0596. The third-order valence-electron chi connectivity index (χ3n) is 22.0. The maximum Gasteiger partial charge on any atom is 0.334 e. The predicted octanol–water partition coefficient (Wildman–Crippen LogP) is 16.8. The molecular formula is C60H96O4. The van der Waals surface area contributed by atoms with Crippen molar-refractivity contribution in [2.75, 3.05) is 0 Å². The summed E-state index contributed by atoms with van der Waals surface area (Å²) >= 11 is 0. The summed E-state index contributed by atoms with van der Waals surface area (Å²) in [6, 6.07) is 0. The average molecular weight is 881 g/mol. The number of hydrogen-bond acceptors (Lipinski definition) is 4. The van der Waals surface area contributed by atoms with Crippen molar-refractivity contribution in [1.29, 1.82) is 0 Å². The first-order valence-corrected chi connectivity index (χ1v) is 28.2. The number of fused-ring (bicyclic) bond motifs is 10. The molecule has 360 valence electrons. The van der Waals surface area contributed by atoms with Gasteiger partial charge in [0.2, 0.25) is 0 Å². The van der Waals surface area contributed by atoms with Crippen LogP contribution in [0.2, 0.25) is 0 Å². The maximum absolute atomic E-state index is 13.7. The second-order valence-corrected chi connectivity index (χ2v) is 25.1. The summed E-state index contributed by atoms with van der Waals surface area (Å²) < 4.78 is 12.5. The Labute approximate surface area is 393 Å². The van der Waals surface area contributed by atoms with Gasteiger partial charge in [0.25, 0.3) is 0 Å². The van der Waals surface area contributed by atoms with Crippen LogP contribution in [-0.4, -0.2) is 24.1 Å². The third-order valence-corrected chi connectivity index (χ3v) is 22.0. The minimum Gasteiger partial charge on any atom is -0.459 e. The molecule has 4 nitrogen and oxygen atoms in total. The fourth-order valence-corrected chi connectivity index (χ4v) is 17.8. The Hall–Kier alpha value is -1.84. The standard InChI is InChI=1S/C60H96O4/c1-9-11-13-15-17-19-21-43-25-29-51-49-27-23-45-39-47(31-35-59(45,7)53(49)33-37-57(43,51)5)63-55(61)41(3)42(4)56(62)64-48-32-36-60(8)46(40-48)24-28-50-52-30-26-44(22-20-18-16-14-12-10-2)58(52,6)38-34-54(50)60/h23-24,43-44,47-54H,9-22,25-40H2,1-8H3/b42-41+/t43-,44-,47-,48+,49+,50+,51-,52-,53-,54+,57+,58-,59-,60+/m1/s1. The van der Waals surface area contributed by atoms with Crippen molar-refractivity contribution in [3.63, 3.8) is 0 Å². The number of rotatable bonds is 18. The molecule has 8 aliphatic carbocycles. The molecule has 0 aromatic carbocycles. The molecule has 0 aromatic heterocycles. The van der Waals surface area contributed by atoms with E-state index in [1.165, 1.54) is 154 Å². The molecule has 0 heterocycles. The van der Waals surface area contributed by atoms with Crippen LogP contribution in [0.1, 0.15) is 248 Å². The van der Waals surface area contributed by atoms with Gasteiger partial charge in [0.1, 0.15) is 12.2 Å². The van der Waals surface area contributed by atoms with Gasteiger partial charge in [-0.15, -0.1) is 0 Å². The van der Waals surface area contributed by atoms with E-state index in [2.05, 4.69) is 53.7 Å². The minimum absolute atomic E-state index is 0.115. The Morgan fingerprint density at radius 2 is 0.891 bits per heavy atom. The van der Waals surface area contributed by atoms with Crippen LogP contribution in [-0.2, 0) is 19.1 Å². The van der Waals surface area contributed by atoms with Gasteiger partial charge in [-0.3, -0.25) is 0 Å². The molecule has 14 atom stereocenters. The molecule has 0 amide bonds. The summed E-state index contributed by atoms with van der Waals surface area (Å²) in [7, 11) is 0. The van der Waals surface area contributed by atoms with Crippen molar-refractivity contribution in [3.05, 3.63) is 34.4 Å². The first-order valence-electron chi connectivity index (χ1n) is 28.2. The fraction of sp³-hybridized carbons (Fsp3) is 0.867. The zero-order valence-corrected chi connectivity index (χ0v) is 42.8. The lowest BCUT2D eigenvalue weighted by Crippen LogP contribution is -2.50. The molecule has 0 unspecified atom stereocenters. The first kappa shape index (κ1) is 48.6. The molecule has 0 radical (unpaired) electrons. The molecule has 6 saturated carbocycles. The normalized spacial score (nSPS) is 41.5. The zero-order valence-electron chi connectivity index (χ0n) is 42.8. The Balaban J connectivity index is 0.815.